The first-order chi connectivity index (χ1) is 13.4. The minimum atomic E-state index is -2.87. The highest BCUT2D eigenvalue weighted by Gasteiger charge is 2.12. The van der Waals surface area contributed by atoms with Crippen LogP contribution in [0, 0.1) is 0 Å². The molecule has 0 radical (unpaired) electrons. The Morgan fingerprint density at radius 1 is 1.07 bits per heavy atom. The van der Waals surface area contributed by atoms with Gasteiger partial charge in [-0.05, 0) is 42.0 Å². The number of alkyl halides is 2. The molecule has 1 unspecified atom stereocenters. The van der Waals surface area contributed by atoms with E-state index in [9.17, 15) is 13.6 Å². The molecule has 0 saturated carbocycles. The van der Waals surface area contributed by atoms with Crippen LogP contribution in [0.1, 0.15) is 5.56 Å². The average Bonchev–Trinajstić information content (AvgIpc) is 2.67. The van der Waals surface area contributed by atoms with Crippen LogP contribution in [0.4, 0.5) is 14.5 Å². The second-order valence-corrected chi connectivity index (χ2v) is 6.27. The highest BCUT2D eigenvalue weighted by molar-refractivity contribution is 5.91. The van der Waals surface area contributed by atoms with Crippen molar-refractivity contribution in [2.24, 2.45) is 0 Å². The van der Waals surface area contributed by atoms with Crippen molar-refractivity contribution in [3.05, 3.63) is 48.0 Å². The molecule has 1 amide bonds. The Morgan fingerprint density at radius 2 is 1.75 bits per heavy atom. The number of methoxy groups -OCH3 is 2. The quantitative estimate of drug-likeness (QED) is 0.646. The summed E-state index contributed by atoms with van der Waals surface area (Å²) in [4.78, 5) is 13.2. The molecule has 2 rings (SSSR count). The van der Waals surface area contributed by atoms with Crippen molar-refractivity contribution >= 4 is 11.6 Å². The van der Waals surface area contributed by atoms with Crippen LogP contribution < -0.4 is 24.4 Å². The van der Waals surface area contributed by atoms with Crippen LogP contribution in [0.25, 0.3) is 0 Å². The number of quaternary nitrogens is 1. The molecule has 2 aromatic carbocycles. The van der Waals surface area contributed by atoms with Crippen molar-refractivity contribution in [2.45, 2.75) is 13.0 Å². The topological polar surface area (TPSA) is 61.2 Å². The third-order valence-corrected chi connectivity index (χ3v) is 4.11. The number of carbonyl (C=O) groups excluding carboxylic acids is 1. The molecule has 0 aliphatic heterocycles. The predicted octanol–water partition coefficient (Wildman–Crippen LogP) is 2.00. The first-order valence-corrected chi connectivity index (χ1v) is 8.78. The van der Waals surface area contributed by atoms with Crippen LogP contribution in [0.15, 0.2) is 42.5 Å². The minimum Gasteiger partial charge on any atom is -0.493 e. The first kappa shape index (κ1) is 21.4. The van der Waals surface area contributed by atoms with E-state index in [2.05, 4.69) is 10.1 Å². The fourth-order valence-electron chi connectivity index (χ4n) is 2.68. The number of rotatable bonds is 10. The summed E-state index contributed by atoms with van der Waals surface area (Å²) in [5, 5.41) is 2.75. The van der Waals surface area contributed by atoms with Gasteiger partial charge in [0.05, 0.1) is 27.8 Å². The van der Waals surface area contributed by atoms with Gasteiger partial charge in [0.1, 0.15) is 5.75 Å². The van der Waals surface area contributed by atoms with Gasteiger partial charge in [-0.25, -0.2) is 0 Å². The van der Waals surface area contributed by atoms with E-state index in [0.29, 0.717) is 17.2 Å². The zero-order chi connectivity index (χ0) is 20.5. The van der Waals surface area contributed by atoms with Crippen LogP contribution in [0.2, 0.25) is 0 Å². The van der Waals surface area contributed by atoms with Crippen molar-refractivity contribution in [2.75, 3.05) is 39.7 Å². The van der Waals surface area contributed by atoms with Gasteiger partial charge in [0.25, 0.3) is 5.91 Å². The summed E-state index contributed by atoms with van der Waals surface area (Å²) in [6.07, 6.45) is 0.777. The molecule has 0 aliphatic carbocycles. The van der Waals surface area contributed by atoms with Gasteiger partial charge in [-0.2, -0.15) is 8.78 Å². The van der Waals surface area contributed by atoms with E-state index < -0.39 is 6.61 Å². The van der Waals surface area contributed by atoms with Gasteiger partial charge in [-0.3, -0.25) is 4.79 Å². The third kappa shape index (κ3) is 6.70. The van der Waals surface area contributed by atoms with E-state index in [4.69, 9.17) is 9.47 Å². The largest absolute Gasteiger partial charge is 0.493 e. The number of benzene rings is 2. The van der Waals surface area contributed by atoms with E-state index in [0.717, 1.165) is 23.4 Å². The SMILES string of the molecule is COc1ccc(CC[NH+](C)CC(=O)Nc2ccc(OC(F)F)cc2)cc1OC. The lowest BCUT2D eigenvalue weighted by Crippen LogP contribution is -3.10. The third-order valence-electron chi connectivity index (χ3n) is 4.11. The zero-order valence-electron chi connectivity index (χ0n) is 16.1. The lowest BCUT2D eigenvalue weighted by molar-refractivity contribution is -0.870. The molecular formula is C20H25F2N2O4+. The summed E-state index contributed by atoms with van der Waals surface area (Å²) in [5.41, 5.74) is 1.62. The summed E-state index contributed by atoms with van der Waals surface area (Å²) in [7, 11) is 5.11. The Morgan fingerprint density at radius 3 is 2.36 bits per heavy atom. The van der Waals surface area contributed by atoms with Crippen molar-refractivity contribution in [1.29, 1.82) is 0 Å². The summed E-state index contributed by atoms with van der Waals surface area (Å²) < 4.78 is 39.1. The lowest BCUT2D eigenvalue weighted by atomic mass is 10.1. The highest BCUT2D eigenvalue weighted by Crippen LogP contribution is 2.27. The van der Waals surface area contributed by atoms with Crippen LogP contribution in [-0.4, -0.2) is 46.9 Å². The smallest absolute Gasteiger partial charge is 0.387 e. The van der Waals surface area contributed by atoms with Crippen LogP contribution in [-0.2, 0) is 11.2 Å². The fourth-order valence-corrected chi connectivity index (χ4v) is 2.68. The van der Waals surface area contributed by atoms with Crippen molar-refractivity contribution in [3.63, 3.8) is 0 Å². The van der Waals surface area contributed by atoms with Crippen LogP contribution >= 0.6 is 0 Å². The Labute approximate surface area is 163 Å². The second-order valence-electron chi connectivity index (χ2n) is 6.27. The number of halogens is 2. The van der Waals surface area contributed by atoms with Crippen molar-refractivity contribution in [1.82, 2.24) is 0 Å². The molecule has 0 aromatic heterocycles. The molecule has 152 valence electrons. The van der Waals surface area contributed by atoms with E-state index in [1.54, 1.807) is 14.2 Å². The van der Waals surface area contributed by atoms with E-state index in [1.807, 2.05) is 25.2 Å². The lowest BCUT2D eigenvalue weighted by Gasteiger charge is -2.15. The molecule has 6 nitrogen and oxygen atoms in total. The fraction of sp³-hybridized carbons (Fsp3) is 0.350. The molecule has 0 fully saturated rings. The average molecular weight is 395 g/mol. The minimum absolute atomic E-state index is 0.0469. The maximum Gasteiger partial charge on any atom is 0.387 e. The number of ether oxygens (including phenoxy) is 3. The Kier molecular flexibility index (Phi) is 8.01. The van der Waals surface area contributed by atoms with Gasteiger partial charge in [0.15, 0.2) is 18.0 Å². The monoisotopic (exact) mass is 395 g/mol. The molecule has 2 aromatic rings. The van der Waals surface area contributed by atoms with Gasteiger partial charge in [0, 0.05) is 12.1 Å². The number of amides is 1. The standard InChI is InChI=1S/C20H24F2N2O4/c1-24(11-10-14-4-9-17(26-2)18(12-14)27-3)13-19(25)23-15-5-7-16(8-6-15)28-20(21)22/h4-9,12,20H,10-11,13H2,1-3H3,(H,23,25)/p+1. The summed E-state index contributed by atoms with van der Waals surface area (Å²) in [6, 6.07) is 11.6. The van der Waals surface area contributed by atoms with Gasteiger partial charge in [0.2, 0.25) is 0 Å². The van der Waals surface area contributed by atoms with Gasteiger partial charge >= 0.3 is 6.61 Å². The zero-order valence-corrected chi connectivity index (χ0v) is 16.1. The molecule has 1 atom stereocenters. The van der Waals surface area contributed by atoms with Crippen LogP contribution in [0.5, 0.6) is 17.2 Å². The van der Waals surface area contributed by atoms with Crippen LogP contribution in [0.3, 0.4) is 0 Å². The van der Waals surface area contributed by atoms with Gasteiger partial charge in [-0.15, -0.1) is 0 Å². The Balaban J connectivity index is 1.81. The molecule has 0 heterocycles. The number of likely N-dealkylation sites (N-methyl/N-ethyl adjacent to an activating group) is 1. The molecule has 8 heteroatoms. The van der Waals surface area contributed by atoms with E-state index in [1.165, 1.54) is 24.3 Å². The van der Waals surface area contributed by atoms with Crippen molar-refractivity contribution in [3.8, 4) is 17.2 Å². The maximum absolute atomic E-state index is 12.2. The molecular weight excluding hydrogens is 370 g/mol. The Hall–Kier alpha value is -2.87. The second kappa shape index (κ2) is 10.5. The first-order valence-electron chi connectivity index (χ1n) is 8.78. The van der Waals surface area contributed by atoms with E-state index in [-0.39, 0.29) is 18.2 Å². The Bertz CT molecular complexity index is 769. The van der Waals surface area contributed by atoms with Gasteiger partial charge < -0.3 is 24.4 Å². The molecule has 0 saturated heterocycles. The highest BCUT2D eigenvalue weighted by atomic mass is 19.3. The number of nitrogens with one attached hydrogen (secondary N) is 2. The number of anilines is 1. The van der Waals surface area contributed by atoms with Crippen molar-refractivity contribution < 1.29 is 32.7 Å². The molecule has 0 aliphatic rings. The van der Waals surface area contributed by atoms with E-state index >= 15 is 0 Å². The van der Waals surface area contributed by atoms with Gasteiger partial charge in [-0.1, -0.05) is 6.07 Å². The normalized spacial score (nSPS) is 11.8. The molecule has 0 spiro atoms. The molecule has 28 heavy (non-hydrogen) atoms. The summed E-state index contributed by atoms with van der Waals surface area (Å²) >= 11 is 0. The summed E-state index contributed by atoms with van der Waals surface area (Å²) in [5.74, 6) is 1.24. The number of hydrogen-bond acceptors (Lipinski definition) is 4. The summed E-state index contributed by atoms with van der Waals surface area (Å²) in [6.45, 7) is -1.84. The number of hydrogen-bond donors (Lipinski definition) is 2. The molecule has 0 bridgehead atoms. The molecule has 2 N–H and O–H groups in total. The predicted molar refractivity (Wildman–Crippen MR) is 102 cm³/mol. The maximum atomic E-state index is 12.2. The number of carbonyl (C=O) groups is 1.